The van der Waals surface area contributed by atoms with Crippen molar-refractivity contribution in [3.8, 4) is 0 Å². The number of nitrogens with zero attached hydrogens (tertiary/aromatic N) is 1. The number of carbonyl (C=O) groups is 1. The second kappa shape index (κ2) is 8.53. The van der Waals surface area contributed by atoms with Gasteiger partial charge in [0, 0.05) is 19.6 Å². The Labute approximate surface area is 99.0 Å². The average Bonchev–Trinajstić information content (AvgIpc) is 2.27. The molecule has 2 atom stereocenters. The summed E-state index contributed by atoms with van der Waals surface area (Å²) in [7, 11) is 0. The summed E-state index contributed by atoms with van der Waals surface area (Å²) in [5.41, 5.74) is 0. The van der Waals surface area contributed by atoms with Gasteiger partial charge in [-0.2, -0.15) is 0 Å². The van der Waals surface area contributed by atoms with E-state index in [0.717, 1.165) is 25.9 Å². The molecule has 0 aliphatic carbocycles. The smallest absolute Gasteiger partial charge is 0.239 e. The van der Waals surface area contributed by atoms with Gasteiger partial charge in [-0.05, 0) is 27.2 Å². The van der Waals surface area contributed by atoms with E-state index >= 15 is 0 Å². The largest absolute Gasteiger partial charge is 0.392 e. The Morgan fingerprint density at radius 2 is 1.88 bits per heavy atom. The van der Waals surface area contributed by atoms with E-state index in [4.69, 9.17) is 0 Å². The number of rotatable bonds is 8. The molecule has 0 radical (unpaired) electrons. The van der Waals surface area contributed by atoms with E-state index in [1.54, 1.807) is 4.90 Å². The molecule has 2 N–H and O–H groups in total. The molecule has 4 heteroatoms. The second-order valence-corrected chi connectivity index (χ2v) is 4.08. The molecule has 0 bridgehead atoms. The van der Waals surface area contributed by atoms with E-state index in [0.29, 0.717) is 6.54 Å². The fourth-order valence-corrected chi connectivity index (χ4v) is 1.64. The predicted molar refractivity (Wildman–Crippen MR) is 66.3 cm³/mol. The van der Waals surface area contributed by atoms with E-state index < -0.39 is 0 Å². The van der Waals surface area contributed by atoms with E-state index in [1.165, 1.54) is 0 Å². The zero-order chi connectivity index (χ0) is 12.6. The van der Waals surface area contributed by atoms with Crippen LogP contribution in [0.5, 0.6) is 0 Å². The first-order valence-electron chi connectivity index (χ1n) is 6.26. The van der Waals surface area contributed by atoms with Gasteiger partial charge in [-0.3, -0.25) is 4.79 Å². The van der Waals surface area contributed by atoms with Gasteiger partial charge in [0.05, 0.1) is 12.1 Å². The summed E-state index contributed by atoms with van der Waals surface area (Å²) < 4.78 is 0. The van der Waals surface area contributed by atoms with Gasteiger partial charge in [-0.15, -0.1) is 0 Å². The summed E-state index contributed by atoms with van der Waals surface area (Å²) in [5.74, 6) is 0.105. The monoisotopic (exact) mass is 230 g/mol. The molecule has 96 valence electrons. The summed E-state index contributed by atoms with van der Waals surface area (Å²) in [6.45, 7) is 9.78. The zero-order valence-electron chi connectivity index (χ0n) is 11.0. The summed E-state index contributed by atoms with van der Waals surface area (Å²) in [6, 6.07) is -0.216. The third-order valence-electron chi connectivity index (χ3n) is 2.73. The molecule has 2 unspecified atom stereocenters. The second-order valence-electron chi connectivity index (χ2n) is 4.08. The van der Waals surface area contributed by atoms with Crippen LogP contribution in [0.3, 0.4) is 0 Å². The van der Waals surface area contributed by atoms with Crippen LogP contribution in [0.15, 0.2) is 0 Å². The Balaban J connectivity index is 3.95. The Kier molecular flexibility index (Phi) is 8.21. The summed E-state index contributed by atoms with van der Waals surface area (Å²) >= 11 is 0. The predicted octanol–water partition coefficient (Wildman–Crippen LogP) is 0.994. The number of nitrogens with one attached hydrogen (secondary N) is 1. The summed E-state index contributed by atoms with van der Waals surface area (Å²) in [5, 5.41) is 12.6. The Bertz CT molecular complexity index is 193. The fourth-order valence-electron chi connectivity index (χ4n) is 1.64. The Morgan fingerprint density at radius 3 is 2.31 bits per heavy atom. The maximum absolute atomic E-state index is 11.9. The van der Waals surface area contributed by atoms with Gasteiger partial charge in [0.15, 0.2) is 0 Å². The summed E-state index contributed by atoms with van der Waals surface area (Å²) in [6.07, 6.45) is 1.39. The minimum absolute atomic E-state index is 0.105. The molecule has 4 nitrogen and oxygen atoms in total. The maximum atomic E-state index is 11.9. The number of likely N-dealkylation sites (N-methyl/N-ethyl adjacent to an activating group) is 1. The van der Waals surface area contributed by atoms with Crippen LogP contribution in [-0.2, 0) is 4.79 Å². The van der Waals surface area contributed by atoms with Crippen molar-refractivity contribution in [2.45, 2.75) is 52.7 Å². The standard InChI is InChI=1S/C12H26N2O2/c1-5-8-11(15)9-13-10(4)12(16)14(6-2)7-3/h10-11,13,15H,5-9H2,1-4H3. The molecule has 1 amide bonds. The van der Waals surface area contributed by atoms with Gasteiger partial charge >= 0.3 is 0 Å². The van der Waals surface area contributed by atoms with Gasteiger partial charge in [0.25, 0.3) is 0 Å². The maximum Gasteiger partial charge on any atom is 0.239 e. The fraction of sp³-hybridized carbons (Fsp3) is 0.917. The van der Waals surface area contributed by atoms with Crippen molar-refractivity contribution >= 4 is 5.91 Å². The van der Waals surface area contributed by atoms with Gasteiger partial charge in [-0.1, -0.05) is 13.3 Å². The van der Waals surface area contributed by atoms with E-state index in [1.807, 2.05) is 27.7 Å². The highest BCUT2D eigenvalue weighted by atomic mass is 16.3. The Hall–Kier alpha value is -0.610. The zero-order valence-corrected chi connectivity index (χ0v) is 11.0. The number of carbonyl (C=O) groups excluding carboxylic acids is 1. The molecule has 0 rings (SSSR count). The molecular weight excluding hydrogens is 204 g/mol. The molecule has 0 aromatic carbocycles. The van der Waals surface area contributed by atoms with E-state index in [2.05, 4.69) is 5.32 Å². The van der Waals surface area contributed by atoms with Crippen LogP contribution in [0.4, 0.5) is 0 Å². The number of amides is 1. The van der Waals surface area contributed by atoms with Crippen molar-refractivity contribution in [1.82, 2.24) is 10.2 Å². The number of hydrogen-bond acceptors (Lipinski definition) is 3. The number of aliphatic hydroxyl groups excluding tert-OH is 1. The molecule has 0 saturated heterocycles. The van der Waals surface area contributed by atoms with Crippen molar-refractivity contribution in [2.75, 3.05) is 19.6 Å². The van der Waals surface area contributed by atoms with Crippen molar-refractivity contribution in [3.63, 3.8) is 0 Å². The molecule has 0 aliphatic heterocycles. The lowest BCUT2D eigenvalue weighted by Gasteiger charge is -2.24. The molecule has 0 saturated carbocycles. The lowest BCUT2D eigenvalue weighted by Crippen LogP contribution is -2.46. The van der Waals surface area contributed by atoms with Gasteiger partial charge in [-0.25, -0.2) is 0 Å². The Morgan fingerprint density at radius 1 is 1.31 bits per heavy atom. The van der Waals surface area contributed by atoms with Crippen LogP contribution in [-0.4, -0.2) is 47.7 Å². The first kappa shape index (κ1) is 15.4. The highest BCUT2D eigenvalue weighted by Crippen LogP contribution is 1.98. The van der Waals surface area contributed by atoms with Crippen molar-refractivity contribution in [3.05, 3.63) is 0 Å². The van der Waals surface area contributed by atoms with Crippen LogP contribution in [0.2, 0.25) is 0 Å². The van der Waals surface area contributed by atoms with Crippen molar-refractivity contribution in [2.24, 2.45) is 0 Å². The third-order valence-corrected chi connectivity index (χ3v) is 2.73. The molecule has 0 spiro atoms. The van der Waals surface area contributed by atoms with Gasteiger partial charge < -0.3 is 15.3 Å². The molecule has 0 aliphatic rings. The molecule has 0 heterocycles. The third kappa shape index (κ3) is 5.47. The molecular formula is C12H26N2O2. The van der Waals surface area contributed by atoms with Gasteiger partial charge in [0.1, 0.15) is 0 Å². The highest BCUT2D eigenvalue weighted by Gasteiger charge is 2.18. The van der Waals surface area contributed by atoms with Gasteiger partial charge in [0.2, 0.25) is 5.91 Å². The van der Waals surface area contributed by atoms with Crippen LogP contribution < -0.4 is 5.32 Å². The van der Waals surface area contributed by atoms with Crippen molar-refractivity contribution in [1.29, 1.82) is 0 Å². The van der Waals surface area contributed by atoms with Crippen LogP contribution in [0.1, 0.15) is 40.5 Å². The average molecular weight is 230 g/mol. The molecule has 16 heavy (non-hydrogen) atoms. The van der Waals surface area contributed by atoms with Crippen LogP contribution in [0, 0.1) is 0 Å². The van der Waals surface area contributed by atoms with Crippen molar-refractivity contribution < 1.29 is 9.90 Å². The van der Waals surface area contributed by atoms with E-state index in [-0.39, 0.29) is 18.1 Å². The normalized spacial score (nSPS) is 14.6. The molecule has 0 fully saturated rings. The minimum atomic E-state index is -0.350. The van der Waals surface area contributed by atoms with E-state index in [9.17, 15) is 9.90 Å². The summed E-state index contributed by atoms with van der Waals surface area (Å²) in [4.78, 5) is 13.7. The number of hydrogen-bond donors (Lipinski definition) is 2. The first-order valence-corrected chi connectivity index (χ1v) is 6.26. The molecule has 0 aromatic heterocycles. The minimum Gasteiger partial charge on any atom is -0.392 e. The number of aliphatic hydroxyl groups is 1. The lowest BCUT2D eigenvalue weighted by molar-refractivity contribution is -0.132. The highest BCUT2D eigenvalue weighted by molar-refractivity contribution is 5.81. The topological polar surface area (TPSA) is 52.6 Å². The first-order chi connectivity index (χ1) is 7.56. The van der Waals surface area contributed by atoms with Crippen LogP contribution in [0.25, 0.3) is 0 Å². The quantitative estimate of drug-likeness (QED) is 0.654. The SMILES string of the molecule is CCCC(O)CNC(C)C(=O)N(CC)CC. The molecule has 0 aromatic rings. The lowest BCUT2D eigenvalue weighted by atomic mass is 10.2. The van der Waals surface area contributed by atoms with Crippen LogP contribution >= 0.6 is 0 Å².